The van der Waals surface area contributed by atoms with Gasteiger partial charge in [-0.3, -0.25) is 4.79 Å². The number of nitrogens with two attached hydrogens (primary N) is 1. The Morgan fingerprint density at radius 2 is 2.30 bits per heavy atom. The summed E-state index contributed by atoms with van der Waals surface area (Å²) in [6, 6.07) is 0. The molecule has 0 aromatic carbocycles. The molecule has 0 bridgehead atoms. The first-order chi connectivity index (χ1) is 11.0. The second-order valence-corrected chi connectivity index (χ2v) is 7.21. The number of ether oxygens (including phenoxy) is 1. The molecular formula is C15H22N4O3S. The normalized spacial score (nSPS) is 24.8. The predicted molar refractivity (Wildman–Crippen MR) is 87.1 cm³/mol. The molecule has 1 aromatic heterocycles. The van der Waals surface area contributed by atoms with Crippen molar-refractivity contribution in [3.8, 4) is 0 Å². The molecule has 1 atom stereocenters. The largest absolute Gasteiger partial charge is 0.441 e. The summed E-state index contributed by atoms with van der Waals surface area (Å²) in [5.41, 5.74) is 6.07. The molecule has 2 N–H and O–H groups in total. The van der Waals surface area contributed by atoms with Crippen molar-refractivity contribution in [1.29, 1.82) is 0 Å². The molecule has 2 aliphatic heterocycles. The number of nitrogens with zero attached hydrogens (tertiary/aromatic N) is 3. The van der Waals surface area contributed by atoms with Crippen molar-refractivity contribution < 1.29 is 14.3 Å². The second-order valence-electron chi connectivity index (χ2n) is 6.32. The van der Waals surface area contributed by atoms with Crippen molar-refractivity contribution >= 4 is 28.5 Å². The van der Waals surface area contributed by atoms with Crippen LogP contribution in [0.15, 0.2) is 5.38 Å². The monoisotopic (exact) mass is 338 g/mol. The van der Waals surface area contributed by atoms with Crippen LogP contribution in [0.3, 0.4) is 0 Å². The van der Waals surface area contributed by atoms with Crippen molar-refractivity contribution in [1.82, 2.24) is 14.8 Å². The predicted octanol–water partition coefficient (Wildman–Crippen LogP) is 1.49. The fourth-order valence-electron chi connectivity index (χ4n) is 3.30. The lowest BCUT2D eigenvalue weighted by Crippen LogP contribution is -2.36. The van der Waals surface area contributed by atoms with E-state index in [1.807, 2.05) is 10.3 Å². The highest BCUT2D eigenvalue weighted by Crippen LogP contribution is 2.32. The number of amides is 2. The molecule has 2 amide bonds. The Balaban J connectivity index is 1.53. The average Bonchev–Trinajstić information content (AvgIpc) is 2.96. The van der Waals surface area contributed by atoms with Gasteiger partial charge < -0.3 is 20.3 Å². The Labute approximate surface area is 139 Å². The maximum Gasteiger partial charge on any atom is 0.410 e. The topological polar surface area (TPSA) is 88.8 Å². The molecule has 3 heterocycles. The van der Waals surface area contributed by atoms with Gasteiger partial charge in [-0.25, -0.2) is 9.78 Å². The number of nitrogen functional groups attached to an aromatic ring is 1. The van der Waals surface area contributed by atoms with E-state index in [0.29, 0.717) is 37.5 Å². The number of carbonyl (C=O) groups excluding carboxylic acids is 2. The van der Waals surface area contributed by atoms with Gasteiger partial charge in [0, 0.05) is 38.4 Å². The van der Waals surface area contributed by atoms with E-state index in [4.69, 9.17) is 10.5 Å². The summed E-state index contributed by atoms with van der Waals surface area (Å²) in [6.07, 6.45) is 3.18. The van der Waals surface area contributed by atoms with Gasteiger partial charge in [0.2, 0.25) is 5.91 Å². The molecule has 0 unspecified atom stereocenters. The third-order valence-corrected chi connectivity index (χ3v) is 5.28. The summed E-state index contributed by atoms with van der Waals surface area (Å²) in [7, 11) is 1.75. The van der Waals surface area contributed by atoms with Crippen LogP contribution in [-0.2, 0) is 16.0 Å². The third kappa shape index (κ3) is 3.57. The van der Waals surface area contributed by atoms with Crippen molar-refractivity contribution in [2.75, 3.05) is 32.4 Å². The zero-order chi connectivity index (χ0) is 16.4. The van der Waals surface area contributed by atoms with Gasteiger partial charge in [-0.15, -0.1) is 11.3 Å². The van der Waals surface area contributed by atoms with E-state index in [-0.39, 0.29) is 12.0 Å². The molecule has 1 aromatic rings. The van der Waals surface area contributed by atoms with Crippen LogP contribution >= 0.6 is 11.3 Å². The summed E-state index contributed by atoms with van der Waals surface area (Å²) in [4.78, 5) is 31.7. The van der Waals surface area contributed by atoms with Crippen LogP contribution in [0.5, 0.6) is 0 Å². The average molecular weight is 338 g/mol. The molecule has 0 saturated carbocycles. The first kappa shape index (κ1) is 16.0. The summed E-state index contributed by atoms with van der Waals surface area (Å²) < 4.78 is 5.57. The molecule has 126 valence electrons. The number of rotatable bonds is 3. The number of likely N-dealkylation sites (N-methyl/N-ethyl adjacent to an activating group) is 1. The number of aryl methyl sites for hydroxylation is 1. The van der Waals surface area contributed by atoms with Crippen LogP contribution in [0.2, 0.25) is 0 Å². The first-order valence-electron chi connectivity index (χ1n) is 7.89. The lowest BCUT2D eigenvalue weighted by molar-refractivity contribution is -0.131. The SMILES string of the molecule is CN1C[C@]2(CCCN(C(=O)CCc3csc(N)n3)CC2)OC1=O. The fourth-order valence-corrected chi connectivity index (χ4v) is 3.90. The van der Waals surface area contributed by atoms with E-state index < -0.39 is 5.60 Å². The number of aromatic nitrogens is 1. The quantitative estimate of drug-likeness (QED) is 0.902. The number of carbonyl (C=O) groups is 2. The molecule has 0 radical (unpaired) electrons. The number of likely N-dealkylation sites (tertiary alicyclic amines) is 1. The van der Waals surface area contributed by atoms with Crippen LogP contribution < -0.4 is 5.73 Å². The Bertz CT molecular complexity index is 605. The van der Waals surface area contributed by atoms with Gasteiger partial charge in [-0.1, -0.05) is 0 Å². The van der Waals surface area contributed by atoms with E-state index in [1.54, 1.807) is 11.9 Å². The van der Waals surface area contributed by atoms with Gasteiger partial charge in [0.15, 0.2) is 5.13 Å². The molecule has 2 saturated heterocycles. The minimum atomic E-state index is -0.412. The maximum atomic E-state index is 12.4. The van der Waals surface area contributed by atoms with Crippen LogP contribution in [0, 0.1) is 0 Å². The van der Waals surface area contributed by atoms with E-state index in [0.717, 1.165) is 25.1 Å². The molecule has 2 fully saturated rings. The van der Waals surface area contributed by atoms with Crippen LogP contribution in [0.1, 0.15) is 31.4 Å². The number of hydrogen-bond donors (Lipinski definition) is 1. The lowest BCUT2D eigenvalue weighted by atomic mass is 9.95. The van der Waals surface area contributed by atoms with Crippen molar-refractivity contribution in [2.24, 2.45) is 0 Å². The van der Waals surface area contributed by atoms with Crippen molar-refractivity contribution in [2.45, 2.75) is 37.7 Å². The maximum absolute atomic E-state index is 12.4. The van der Waals surface area contributed by atoms with Crippen molar-refractivity contribution in [3.63, 3.8) is 0 Å². The van der Waals surface area contributed by atoms with Gasteiger partial charge in [-0.05, 0) is 19.3 Å². The minimum absolute atomic E-state index is 0.131. The van der Waals surface area contributed by atoms with E-state index >= 15 is 0 Å². The van der Waals surface area contributed by atoms with Crippen molar-refractivity contribution in [3.05, 3.63) is 11.1 Å². The number of hydrogen-bond acceptors (Lipinski definition) is 6. The highest BCUT2D eigenvalue weighted by Gasteiger charge is 2.44. The van der Waals surface area contributed by atoms with E-state index in [9.17, 15) is 9.59 Å². The summed E-state index contributed by atoms with van der Waals surface area (Å²) in [6.45, 7) is 1.98. The molecule has 1 spiro atoms. The van der Waals surface area contributed by atoms with Gasteiger partial charge in [0.05, 0.1) is 12.2 Å². The number of anilines is 1. The first-order valence-corrected chi connectivity index (χ1v) is 8.77. The summed E-state index contributed by atoms with van der Waals surface area (Å²) >= 11 is 1.40. The molecule has 7 nitrogen and oxygen atoms in total. The van der Waals surface area contributed by atoms with Crippen LogP contribution in [-0.4, -0.2) is 59.1 Å². The second kappa shape index (κ2) is 6.35. The Hall–Kier alpha value is -1.83. The van der Waals surface area contributed by atoms with Gasteiger partial charge in [-0.2, -0.15) is 0 Å². The highest BCUT2D eigenvalue weighted by atomic mass is 32.1. The molecular weight excluding hydrogens is 316 g/mol. The Morgan fingerprint density at radius 3 is 2.96 bits per heavy atom. The molecule has 0 aliphatic carbocycles. The lowest BCUT2D eigenvalue weighted by Gasteiger charge is -2.25. The molecule has 23 heavy (non-hydrogen) atoms. The molecule has 8 heteroatoms. The van der Waals surface area contributed by atoms with Gasteiger partial charge >= 0.3 is 6.09 Å². The molecule has 3 rings (SSSR count). The zero-order valence-corrected chi connectivity index (χ0v) is 14.1. The summed E-state index contributed by atoms with van der Waals surface area (Å²) in [5, 5.41) is 2.43. The standard InChI is InChI=1S/C15H22N4O3S/c1-18-10-15(22-14(18)21)5-2-7-19(8-6-15)12(20)4-3-11-9-23-13(16)17-11/h9H,2-8,10H2,1H3,(H2,16,17)/t15-/m1/s1. The van der Waals surface area contributed by atoms with Gasteiger partial charge in [0.1, 0.15) is 5.60 Å². The minimum Gasteiger partial charge on any atom is -0.441 e. The van der Waals surface area contributed by atoms with Gasteiger partial charge in [0.25, 0.3) is 0 Å². The third-order valence-electron chi connectivity index (χ3n) is 4.56. The summed E-state index contributed by atoms with van der Waals surface area (Å²) in [5.74, 6) is 0.131. The Kier molecular flexibility index (Phi) is 4.43. The van der Waals surface area contributed by atoms with E-state index in [2.05, 4.69) is 4.98 Å². The fraction of sp³-hybridized carbons (Fsp3) is 0.667. The number of thiazole rings is 1. The highest BCUT2D eigenvalue weighted by molar-refractivity contribution is 7.13. The van der Waals surface area contributed by atoms with E-state index in [1.165, 1.54) is 11.3 Å². The molecule has 2 aliphatic rings. The van der Waals surface area contributed by atoms with Crippen LogP contribution in [0.4, 0.5) is 9.93 Å². The van der Waals surface area contributed by atoms with Crippen LogP contribution in [0.25, 0.3) is 0 Å². The Morgan fingerprint density at radius 1 is 1.48 bits per heavy atom. The smallest absolute Gasteiger partial charge is 0.410 e. The zero-order valence-electron chi connectivity index (χ0n) is 13.3.